The van der Waals surface area contributed by atoms with Gasteiger partial charge in [-0.05, 0) is 6.42 Å². The second-order valence-corrected chi connectivity index (χ2v) is 2.58. The molecule has 0 radical (unpaired) electrons. The summed E-state index contributed by atoms with van der Waals surface area (Å²) in [6.07, 6.45) is 1.75. The molecule has 0 bridgehead atoms. The van der Waals surface area contributed by atoms with Crippen LogP contribution < -0.4 is 0 Å². The Hall–Kier alpha value is -0.900. The number of rotatable bonds is 5. The molecule has 0 unspecified atom stereocenters. The zero-order valence-corrected chi connectivity index (χ0v) is 7.54. The fraction of sp³-hybridized carbons (Fsp3) is 0.750. The number of aromatic nitrogens is 2. The molecule has 0 saturated carbocycles. The van der Waals surface area contributed by atoms with Crippen LogP contribution in [0.25, 0.3) is 0 Å². The minimum Gasteiger partial charge on any atom is -0.426 e. The van der Waals surface area contributed by atoms with Crippen molar-refractivity contribution in [2.45, 2.75) is 26.7 Å². The van der Waals surface area contributed by atoms with E-state index in [9.17, 15) is 0 Å². The second kappa shape index (κ2) is 4.87. The largest absolute Gasteiger partial charge is 0.426 e. The van der Waals surface area contributed by atoms with E-state index in [1.807, 2.05) is 0 Å². The highest BCUT2D eigenvalue weighted by Gasteiger charge is 2.00. The van der Waals surface area contributed by atoms with Gasteiger partial charge in [-0.1, -0.05) is 6.92 Å². The van der Waals surface area contributed by atoms with Crippen LogP contribution in [0, 0.1) is 6.92 Å². The summed E-state index contributed by atoms with van der Waals surface area (Å²) in [7, 11) is 0. The molecular weight excluding hydrogens is 156 g/mol. The first-order valence-electron chi connectivity index (χ1n) is 4.19. The molecule has 0 N–H and O–H groups in total. The number of hydrogen-bond acceptors (Lipinski definition) is 4. The lowest BCUT2D eigenvalue weighted by Gasteiger charge is -1.97. The van der Waals surface area contributed by atoms with Gasteiger partial charge in [0.05, 0.1) is 6.61 Å². The average Bonchev–Trinajstić information content (AvgIpc) is 2.45. The summed E-state index contributed by atoms with van der Waals surface area (Å²) >= 11 is 0. The number of nitrogens with zero attached hydrogens (tertiary/aromatic N) is 2. The summed E-state index contributed by atoms with van der Waals surface area (Å²) in [5, 5.41) is 7.56. The van der Waals surface area contributed by atoms with Crippen molar-refractivity contribution in [1.82, 2.24) is 10.2 Å². The second-order valence-electron chi connectivity index (χ2n) is 2.58. The highest BCUT2D eigenvalue weighted by Crippen LogP contribution is 1.98. The molecular formula is C8H14N2O2. The Morgan fingerprint density at radius 1 is 1.33 bits per heavy atom. The van der Waals surface area contributed by atoms with Crippen LogP contribution in [0.3, 0.4) is 0 Å². The Labute approximate surface area is 71.9 Å². The zero-order chi connectivity index (χ0) is 8.81. The van der Waals surface area contributed by atoms with Gasteiger partial charge in [0.1, 0.15) is 0 Å². The molecule has 0 saturated heterocycles. The van der Waals surface area contributed by atoms with Crippen molar-refractivity contribution in [1.29, 1.82) is 0 Å². The molecule has 1 aromatic heterocycles. The van der Waals surface area contributed by atoms with Crippen molar-refractivity contribution in [3.63, 3.8) is 0 Å². The molecule has 1 rings (SSSR count). The molecule has 0 aromatic carbocycles. The normalized spacial score (nSPS) is 10.5. The SMILES string of the molecule is CCCOCCc1nnc(C)o1. The predicted molar refractivity (Wildman–Crippen MR) is 43.8 cm³/mol. The summed E-state index contributed by atoms with van der Waals surface area (Å²) < 4.78 is 10.4. The third kappa shape index (κ3) is 3.00. The summed E-state index contributed by atoms with van der Waals surface area (Å²) in [4.78, 5) is 0. The third-order valence-electron chi connectivity index (χ3n) is 1.38. The minimum absolute atomic E-state index is 0.612. The van der Waals surface area contributed by atoms with Gasteiger partial charge >= 0.3 is 0 Å². The van der Waals surface area contributed by atoms with E-state index < -0.39 is 0 Å². The number of ether oxygens (including phenoxy) is 1. The lowest BCUT2D eigenvalue weighted by Crippen LogP contribution is -1.99. The van der Waals surface area contributed by atoms with Gasteiger partial charge in [-0.15, -0.1) is 10.2 Å². The molecule has 0 fully saturated rings. The molecule has 0 aliphatic carbocycles. The fourth-order valence-corrected chi connectivity index (χ4v) is 0.844. The zero-order valence-electron chi connectivity index (χ0n) is 7.54. The monoisotopic (exact) mass is 170 g/mol. The van der Waals surface area contributed by atoms with Crippen LogP contribution in [0.15, 0.2) is 4.42 Å². The van der Waals surface area contributed by atoms with Crippen LogP contribution in [0.4, 0.5) is 0 Å². The topological polar surface area (TPSA) is 48.2 Å². The summed E-state index contributed by atoms with van der Waals surface area (Å²) in [5.74, 6) is 1.27. The van der Waals surface area contributed by atoms with Crippen molar-refractivity contribution >= 4 is 0 Å². The Balaban J connectivity index is 2.15. The molecule has 1 heterocycles. The van der Waals surface area contributed by atoms with E-state index in [1.165, 1.54) is 0 Å². The summed E-state index contributed by atoms with van der Waals surface area (Å²) in [5.41, 5.74) is 0. The van der Waals surface area contributed by atoms with E-state index in [4.69, 9.17) is 9.15 Å². The van der Waals surface area contributed by atoms with E-state index in [1.54, 1.807) is 6.92 Å². The molecule has 12 heavy (non-hydrogen) atoms. The van der Waals surface area contributed by atoms with E-state index in [0.717, 1.165) is 13.0 Å². The molecule has 0 atom stereocenters. The van der Waals surface area contributed by atoms with Gasteiger partial charge in [-0.25, -0.2) is 0 Å². The lowest BCUT2D eigenvalue weighted by molar-refractivity contribution is 0.133. The van der Waals surface area contributed by atoms with E-state index in [0.29, 0.717) is 24.8 Å². The van der Waals surface area contributed by atoms with Gasteiger partial charge in [0, 0.05) is 20.0 Å². The number of hydrogen-bond donors (Lipinski definition) is 0. The van der Waals surface area contributed by atoms with Crippen LogP contribution in [0.1, 0.15) is 25.1 Å². The molecule has 0 aliphatic heterocycles. The maximum atomic E-state index is 5.27. The molecule has 4 nitrogen and oxygen atoms in total. The van der Waals surface area contributed by atoms with E-state index in [2.05, 4.69) is 17.1 Å². The van der Waals surface area contributed by atoms with Crippen molar-refractivity contribution < 1.29 is 9.15 Å². The van der Waals surface area contributed by atoms with Crippen LogP contribution in [0.2, 0.25) is 0 Å². The molecule has 0 amide bonds. The van der Waals surface area contributed by atoms with Crippen LogP contribution in [0.5, 0.6) is 0 Å². The first-order valence-corrected chi connectivity index (χ1v) is 4.19. The quantitative estimate of drug-likeness (QED) is 0.626. The average molecular weight is 170 g/mol. The molecule has 68 valence electrons. The first kappa shape index (κ1) is 9.19. The van der Waals surface area contributed by atoms with Crippen LogP contribution in [-0.4, -0.2) is 23.4 Å². The lowest BCUT2D eigenvalue weighted by atomic mass is 10.4. The molecule has 4 heteroatoms. The van der Waals surface area contributed by atoms with Crippen molar-refractivity contribution in [2.24, 2.45) is 0 Å². The van der Waals surface area contributed by atoms with Crippen molar-refractivity contribution in [3.8, 4) is 0 Å². The van der Waals surface area contributed by atoms with Crippen molar-refractivity contribution in [2.75, 3.05) is 13.2 Å². The van der Waals surface area contributed by atoms with Gasteiger partial charge in [-0.3, -0.25) is 0 Å². The fourth-order valence-electron chi connectivity index (χ4n) is 0.844. The highest BCUT2D eigenvalue weighted by molar-refractivity contribution is 4.78. The van der Waals surface area contributed by atoms with Gasteiger partial charge in [0.25, 0.3) is 0 Å². The first-order chi connectivity index (χ1) is 5.83. The molecule has 1 aromatic rings. The van der Waals surface area contributed by atoms with Gasteiger partial charge in [0.15, 0.2) is 0 Å². The Morgan fingerprint density at radius 3 is 2.75 bits per heavy atom. The summed E-state index contributed by atoms with van der Waals surface area (Å²) in [6.45, 7) is 5.32. The van der Waals surface area contributed by atoms with E-state index in [-0.39, 0.29) is 0 Å². The van der Waals surface area contributed by atoms with Crippen LogP contribution in [-0.2, 0) is 11.2 Å². The maximum Gasteiger partial charge on any atom is 0.218 e. The van der Waals surface area contributed by atoms with Gasteiger partial charge in [0.2, 0.25) is 11.8 Å². The standard InChI is InChI=1S/C8H14N2O2/c1-3-5-11-6-4-8-10-9-7(2)12-8/h3-6H2,1-2H3. The molecule has 0 aliphatic rings. The van der Waals surface area contributed by atoms with E-state index >= 15 is 0 Å². The smallest absolute Gasteiger partial charge is 0.218 e. The van der Waals surface area contributed by atoms with Gasteiger partial charge < -0.3 is 9.15 Å². The number of aryl methyl sites for hydroxylation is 1. The minimum atomic E-state index is 0.612. The molecule has 0 spiro atoms. The van der Waals surface area contributed by atoms with Gasteiger partial charge in [-0.2, -0.15) is 0 Å². The Bertz CT molecular complexity index is 223. The Morgan fingerprint density at radius 2 is 2.17 bits per heavy atom. The maximum absolute atomic E-state index is 5.27. The summed E-state index contributed by atoms with van der Waals surface area (Å²) in [6, 6.07) is 0. The van der Waals surface area contributed by atoms with Crippen LogP contribution >= 0.6 is 0 Å². The Kier molecular flexibility index (Phi) is 3.73. The third-order valence-corrected chi connectivity index (χ3v) is 1.38. The predicted octanol–water partition coefficient (Wildman–Crippen LogP) is 1.35. The van der Waals surface area contributed by atoms with Crippen molar-refractivity contribution in [3.05, 3.63) is 11.8 Å². The highest BCUT2D eigenvalue weighted by atomic mass is 16.5.